The first-order valence-electron chi connectivity index (χ1n) is 9.30. The first-order valence-corrected chi connectivity index (χ1v) is 9.30. The van der Waals surface area contributed by atoms with Gasteiger partial charge in [-0.15, -0.1) is 0 Å². The van der Waals surface area contributed by atoms with Crippen molar-refractivity contribution in [1.29, 1.82) is 0 Å². The monoisotopic (exact) mass is 384 g/mol. The second-order valence-corrected chi connectivity index (χ2v) is 6.98. The first-order chi connectivity index (χ1) is 13.4. The van der Waals surface area contributed by atoms with E-state index < -0.39 is 11.7 Å². The molecule has 0 aliphatic carbocycles. The van der Waals surface area contributed by atoms with Crippen LogP contribution in [0.15, 0.2) is 42.5 Å². The van der Waals surface area contributed by atoms with E-state index in [2.05, 4.69) is 34.6 Å². The predicted molar refractivity (Wildman–Crippen MR) is 108 cm³/mol. The highest BCUT2D eigenvalue weighted by molar-refractivity contribution is 5.97. The molecule has 2 N–H and O–H groups in total. The van der Waals surface area contributed by atoms with Gasteiger partial charge in [-0.2, -0.15) is 0 Å². The van der Waals surface area contributed by atoms with Crippen molar-refractivity contribution in [3.63, 3.8) is 0 Å². The normalized spacial score (nSPS) is 16.6. The zero-order chi connectivity index (χ0) is 20.3. The lowest BCUT2D eigenvalue weighted by Crippen LogP contribution is -2.55. The first kappa shape index (κ1) is 19.7. The van der Waals surface area contributed by atoms with Crippen LogP contribution >= 0.6 is 0 Å². The number of rotatable bonds is 3. The van der Waals surface area contributed by atoms with E-state index >= 15 is 0 Å². The van der Waals surface area contributed by atoms with Gasteiger partial charge >= 0.3 is 6.03 Å². The predicted octanol–water partition coefficient (Wildman–Crippen LogP) is 3.24. The van der Waals surface area contributed by atoms with Gasteiger partial charge in [0.2, 0.25) is 0 Å². The van der Waals surface area contributed by atoms with Crippen LogP contribution in [0.1, 0.15) is 22.8 Å². The molecule has 1 saturated heterocycles. The van der Waals surface area contributed by atoms with Crippen LogP contribution in [0.25, 0.3) is 0 Å². The molecule has 6 nitrogen and oxygen atoms in total. The fourth-order valence-corrected chi connectivity index (χ4v) is 3.50. The number of urea groups is 1. The molecule has 0 spiro atoms. The number of anilines is 2. The Labute approximate surface area is 164 Å². The molecular weight excluding hydrogens is 359 g/mol. The van der Waals surface area contributed by atoms with Gasteiger partial charge in [0.05, 0.1) is 5.56 Å². The van der Waals surface area contributed by atoms with Crippen molar-refractivity contribution in [2.24, 2.45) is 0 Å². The number of halogens is 1. The van der Waals surface area contributed by atoms with Crippen LogP contribution in [0, 0.1) is 12.7 Å². The highest BCUT2D eigenvalue weighted by Crippen LogP contribution is 2.23. The summed E-state index contributed by atoms with van der Waals surface area (Å²) in [5.74, 6) is -1.16. The molecule has 0 aromatic heterocycles. The van der Waals surface area contributed by atoms with Crippen molar-refractivity contribution in [3.05, 3.63) is 59.4 Å². The molecule has 0 unspecified atom stereocenters. The zero-order valence-corrected chi connectivity index (χ0v) is 16.3. The van der Waals surface area contributed by atoms with Crippen molar-refractivity contribution in [3.8, 4) is 0 Å². The molecule has 0 bridgehead atoms. The standard InChI is InChI=1S/C21H25FN4O2/c1-14-6-4-5-7-19(14)25-10-11-26(15(2)13-25)21(28)24-16-8-9-18(22)17(12-16)20(27)23-3/h4-9,12,15H,10-11,13H2,1-3H3,(H,23,27)(H,24,28)/t15-/m0/s1. The highest BCUT2D eigenvalue weighted by Gasteiger charge is 2.28. The van der Waals surface area contributed by atoms with Gasteiger partial charge in [-0.3, -0.25) is 4.79 Å². The van der Waals surface area contributed by atoms with Gasteiger partial charge < -0.3 is 20.4 Å². The van der Waals surface area contributed by atoms with E-state index in [0.717, 1.165) is 13.1 Å². The topological polar surface area (TPSA) is 64.7 Å². The van der Waals surface area contributed by atoms with E-state index in [1.54, 1.807) is 4.90 Å². The molecule has 3 rings (SSSR count). The third-order valence-electron chi connectivity index (χ3n) is 5.03. The van der Waals surface area contributed by atoms with Crippen LogP contribution in [0.2, 0.25) is 0 Å². The van der Waals surface area contributed by atoms with Crippen LogP contribution in [0.3, 0.4) is 0 Å². The number of amides is 3. The van der Waals surface area contributed by atoms with Crippen molar-refractivity contribution in [1.82, 2.24) is 10.2 Å². The fourth-order valence-electron chi connectivity index (χ4n) is 3.50. The Morgan fingerprint density at radius 1 is 1.14 bits per heavy atom. The van der Waals surface area contributed by atoms with E-state index in [1.807, 2.05) is 19.1 Å². The van der Waals surface area contributed by atoms with Gasteiger partial charge in [-0.05, 0) is 43.7 Å². The maximum atomic E-state index is 13.8. The summed E-state index contributed by atoms with van der Waals surface area (Å²) in [6, 6.07) is 11.9. The lowest BCUT2D eigenvalue weighted by Gasteiger charge is -2.41. The molecular formula is C21H25FN4O2. The SMILES string of the molecule is CNC(=O)c1cc(NC(=O)N2CCN(c3ccccc3C)C[C@@H]2C)ccc1F. The molecule has 1 aliphatic rings. The zero-order valence-electron chi connectivity index (χ0n) is 16.3. The number of nitrogens with zero attached hydrogens (tertiary/aromatic N) is 2. The summed E-state index contributed by atoms with van der Waals surface area (Å²) in [6.07, 6.45) is 0. The maximum Gasteiger partial charge on any atom is 0.322 e. The van der Waals surface area contributed by atoms with Crippen molar-refractivity contribution in [2.75, 3.05) is 36.9 Å². The van der Waals surface area contributed by atoms with Gasteiger partial charge in [-0.1, -0.05) is 18.2 Å². The van der Waals surface area contributed by atoms with E-state index in [9.17, 15) is 14.0 Å². The van der Waals surface area contributed by atoms with Crippen LogP contribution < -0.4 is 15.5 Å². The Kier molecular flexibility index (Phi) is 5.82. The lowest BCUT2D eigenvalue weighted by atomic mass is 10.1. The van der Waals surface area contributed by atoms with E-state index in [4.69, 9.17) is 0 Å². The molecule has 1 aliphatic heterocycles. The van der Waals surface area contributed by atoms with Crippen molar-refractivity contribution in [2.45, 2.75) is 19.9 Å². The van der Waals surface area contributed by atoms with E-state index in [1.165, 1.54) is 36.5 Å². The molecule has 3 amide bonds. The van der Waals surface area contributed by atoms with E-state index in [-0.39, 0.29) is 17.6 Å². The maximum absolute atomic E-state index is 13.8. The Bertz CT molecular complexity index is 886. The molecule has 148 valence electrons. The van der Waals surface area contributed by atoms with Gasteiger partial charge in [0.1, 0.15) is 5.82 Å². The summed E-state index contributed by atoms with van der Waals surface area (Å²) >= 11 is 0. The van der Waals surface area contributed by atoms with Crippen LogP contribution in [0.4, 0.5) is 20.6 Å². The van der Waals surface area contributed by atoms with Gasteiger partial charge in [0.25, 0.3) is 5.91 Å². The number of aryl methyl sites for hydroxylation is 1. The van der Waals surface area contributed by atoms with Crippen LogP contribution in [-0.2, 0) is 0 Å². The minimum absolute atomic E-state index is 0.00668. The summed E-state index contributed by atoms with van der Waals surface area (Å²) in [5.41, 5.74) is 2.68. The largest absolute Gasteiger partial charge is 0.367 e. The average Bonchev–Trinajstić information content (AvgIpc) is 2.69. The number of piperazine rings is 1. The lowest BCUT2D eigenvalue weighted by molar-refractivity contribution is 0.0959. The number of benzene rings is 2. The summed E-state index contributed by atoms with van der Waals surface area (Å²) in [5, 5.41) is 5.17. The van der Waals surface area contributed by atoms with Gasteiger partial charge in [0.15, 0.2) is 0 Å². The number of hydrogen-bond donors (Lipinski definition) is 2. The molecule has 28 heavy (non-hydrogen) atoms. The second-order valence-electron chi connectivity index (χ2n) is 6.98. The minimum atomic E-state index is -0.627. The smallest absolute Gasteiger partial charge is 0.322 e. The summed E-state index contributed by atoms with van der Waals surface area (Å²) in [4.78, 5) is 28.5. The Morgan fingerprint density at radius 2 is 1.89 bits per heavy atom. The number of hydrogen-bond acceptors (Lipinski definition) is 3. The van der Waals surface area contributed by atoms with E-state index in [0.29, 0.717) is 12.2 Å². The molecule has 0 saturated carbocycles. The molecule has 7 heteroatoms. The number of carbonyl (C=O) groups is 2. The second kappa shape index (κ2) is 8.29. The third kappa shape index (κ3) is 4.08. The summed E-state index contributed by atoms with van der Waals surface area (Å²) in [6.45, 7) is 6.12. The third-order valence-corrected chi connectivity index (χ3v) is 5.03. The minimum Gasteiger partial charge on any atom is -0.367 e. The van der Waals surface area contributed by atoms with Gasteiger partial charge in [0, 0.05) is 44.1 Å². The molecule has 1 atom stereocenters. The van der Waals surface area contributed by atoms with Crippen molar-refractivity contribution < 1.29 is 14.0 Å². The summed E-state index contributed by atoms with van der Waals surface area (Å²) in [7, 11) is 1.43. The number of carbonyl (C=O) groups excluding carboxylic acids is 2. The number of nitrogens with one attached hydrogen (secondary N) is 2. The summed E-state index contributed by atoms with van der Waals surface area (Å²) < 4.78 is 13.8. The van der Waals surface area contributed by atoms with Crippen molar-refractivity contribution >= 4 is 23.3 Å². The molecule has 1 fully saturated rings. The Morgan fingerprint density at radius 3 is 2.57 bits per heavy atom. The van der Waals surface area contributed by atoms with Gasteiger partial charge in [-0.25, -0.2) is 9.18 Å². The Hall–Kier alpha value is -3.09. The molecule has 0 radical (unpaired) electrons. The number of para-hydroxylation sites is 1. The highest BCUT2D eigenvalue weighted by atomic mass is 19.1. The molecule has 1 heterocycles. The van der Waals surface area contributed by atoms with Crippen LogP contribution in [-0.4, -0.2) is 49.6 Å². The van der Waals surface area contributed by atoms with Crippen LogP contribution in [0.5, 0.6) is 0 Å². The quantitative estimate of drug-likeness (QED) is 0.854. The molecule has 2 aromatic carbocycles. The molecule has 2 aromatic rings. The fraction of sp³-hybridized carbons (Fsp3) is 0.333. The average molecular weight is 384 g/mol. The Balaban J connectivity index is 1.68.